The third kappa shape index (κ3) is 1.22. The molecule has 0 aromatic carbocycles. The van der Waals surface area contributed by atoms with E-state index in [9.17, 15) is 4.79 Å². The van der Waals surface area contributed by atoms with Gasteiger partial charge in [-0.2, -0.15) is 0 Å². The van der Waals surface area contributed by atoms with Gasteiger partial charge in [0.25, 0.3) is 5.56 Å². The number of thioether (sulfide) groups is 1. The number of hydrogen-bond donors (Lipinski definition) is 0. The molecule has 3 heteroatoms. The van der Waals surface area contributed by atoms with Crippen molar-refractivity contribution >= 4 is 11.8 Å². The Balaban J connectivity index is 2.64. The van der Waals surface area contributed by atoms with E-state index in [1.807, 2.05) is 16.7 Å². The first-order valence-electron chi connectivity index (χ1n) is 4.43. The Morgan fingerprint density at radius 2 is 2.15 bits per heavy atom. The number of pyridine rings is 1. The first kappa shape index (κ1) is 8.88. The van der Waals surface area contributed by atoms with Gasteiger partial charge in [-0.15, -0.1) is 0 Å². The predicted octanol–water partition coefficient (Wildman–Crippen LogP) is 2.29. The molecule has 1 aromatic heterocycles. The topological polar surface area (TPSA) is 22.0 Å². The lowest BCUT2D eigenvalue weighted by molar-refractivity contribution is 0.436. The molecule has 0 fully saturated rings. The molecule has 0 N–H and O–H groups in total. The van der Waals surface area contributed by atoms with Crippen molar-refractivity contribution in [2.45, 2.75) is 36.6 Å². The maximum atomic E-state index is 11.6. The van der Waals surface area contributed by atoms with Crippen LogP contribution in [-0.4, -0.2) is 9.31 Å². The van der Waals surface area contributed by atoms with Crippen molar-refractivity contribution in [3.63, 3.8) is 0 Å². The molecule has 0 saturated carbocycles. The number of aromatic nitrogens is 1. The van der Waals surface area contributed by atoms with Crippen molar-refractivity contribution in [3.05, 3.63) is 28.6 Å². The zero-order valence-corrected chi connectivity index (χ0v) is 8.89. The highest BCUT2D eigenvalue weighted by Gasteiger charge is 2.36. The Bertz CT molecular complexity index is 394. The molecule has 0 spiro atoms. The summed E-state index contributed by atoms with van der Waals surface area (Å²) in [5.74, 6) is 0. The third-order valence-electron chi connectivity index (χ3n) is 2.71. The number of nitrogens with zero attached hydrogens (tertiary/aromatic N) is 1. The molecule has 70 valence electrons. The molecule has 2 nitrogen and oxygen atoms in total. The third-order valence-corrected chi connectivity index (χ3v) is 4.12. The molecule has 1 aliphatic heterocycles. The summed E-state index contributed by atoms with van der Waals surface area (Å²) >= 11 is 1.78. The van der Waals surface area contributed by atoms with Crippen LogP contribution in [0.1, 0.15) is 26.8 Å². The summed E-state index contributed by atoms with van der Waals surface area (Å²) in [6, 6.07) is 5.75. The van der Waals surface area contributed by atoms with Gasteiger partial charge in [0.05, 0.1) is 5.03 Å². The largest absolute Gasteiger partial charge is 0.299 e. The van der Waals surface area contributed by atoms with Crippen LogP contribution in [0, 0.1) is 0 Å². The first-order chi connectivity index (χ1) is 6.02. The summed E-state index contributed by atoms with van der Waals surface area (Å²) in [6.07, 6.45) is 0. The van der Waals surface area contributed by atoms with E-state index in [0.717, 1.165) is 5.03 Å². The van der Waals surface area contributed by atoms with Crippen LogP contribution in [0.2, 0.25) is 0 Å². The summed E-state index contributed by atoms with van der Waals surface area (Å²) in [7, 11) is 0. The summed E-state index contributed by atoms with van der Waals surface area (Å²) < 4.78 is 2.01. The van der Waals surface area contributed by atoms with E-state index in [-0.39, 0.29) is 16.3 Å². The van der Waals surface area contributed by atoms with Crippen molar-refractivity contribution in [1.29, 1.82) is 0 Å². The van der Waals surface area contributed by atoms with Gasteiger partial charge >= 0.3 is 0 Å². The van der Waals surface area contributed by atoms with Gasteiger partial charge in [0, 0.05) is 16.9 Å². The van der Waals surface area contributed by atoms with Crippen LogP contribution in [-0.2, 0) is 0 Å². The first-order valence-corrected chi connectivity index (χ1v) is 5.24. The Hall–Kier alpha value is -0.700. The average Bonchev–Trinajstić information content (AvgIpc) is 2.24. The molecule has 0 saturated heterocycles. The lowest BCUT2D eigenvalue weighted by Crippen LogP contribution is -2.28. The van der Waals surface area contributed by atoms with Crippen LogP contribution < -0.4 is 5.56 Å². The molecular formula is C10H13NOS. The van der Waals surface area contributed by atoms with Crippen LogP contribution in [0.5, 0.6) is 0 Å². The minimum atomic E-state index is 0.114. The van der Waals surface area contributed by atoms with E-state index in [1.54, 1.807) is 17.8 Å². The van der Waals surface area contributed by atoms with Gasteiger partial charge in [0.1, 0.15) is 0 Å². The maximum Gasteiger partial charge on any atom is 0.251 e. The van der Waals surface area contributed by atoms with Gasteiger partial charge in [0.2, 0.25) is 0 Å². The molecule has 1 unspecified atom stereocenters. The fourth-order valence-corrected chi connectivity index (χ4v) is 2.92. The van der Waals surface area contributed by atoms with Crippen LogP contribution in [0.15, 0.2) is 28.0 Å². The highest BCUT2D eigenvalue weighted by atomic mass is 32.2. The summed E-state index contributed by atoms with van der Waals surface area (Å²) in [6.45, 7) is 6.45. The van der Waals surface area contributed by atoms with Crippen LogP contribution >= 0.6 is 11.8 Å². The zero-order chi connectivity index (χ0) is 9.64. The zero-order valence-electron chi connectivity index (χ0n) is 8.07. The van der Waals surface area contributed by atoms with Crippen molar-refractivity contribution in [2.24, 2.45) is 0 Å². The van der Waals surface area contributed by atoms with Crippen molar-refractivity contribution in [1.82, 2.24) is 4.57 Å². The standard InChI is InChI=1S/C10H13NOS/c1-7-10(2,3)13-9-6-4-5-8(12)11(7)9/h4-7H,1-3H3. The van der Waals surface area contributed by atoms with E-state index in [0.29, 0.717) is 0 Å². The minimum absolute atomic E-state index is 0.114. The van der Waals surface area contributed by atoms with Gasteiger partial charge < -0.3 is 0 Å². The maximum absolute atomic E-state index is 11.6. The SMILES string of the molecule is CC1n2c(cccc2=O)SC1(C)C. The van der Waals surface area contributed by atoms with Gasteiger partial charge in [-0.1, -0.05) is 17.8 Å². The second-order valence-electron chi connectivity index (χ2n) is 3.95. The van der Waals surface area contributed by atoms with E-state index in [1.165, 1.54) is 0 Å². The Morgan fingerprint density at radius 1 is 1.46 bits per heavy atom. The molecule has 13 heavy (non-hydrogen) atoms. The molecular weight excluding hydrogens is 182 g/mol. The van der Waals surface area contributed by atoms with Crippen molar-refractivity contribution < 1.29 is 0 Å². The normalized spacial score (nSPS) is 24.4. The number of hydrogen-bond acceptors (Lipinski definition) is 2. The Kier molecular flexibility index (Phi) is 1.80. The Morgan fingerprint density at radius 3 is 2.77 bits per heavy atom. The van der Waals surface area contributed by atoms with Crippen LogP contribution in [0.3, 0.4) is 0 Å². The molecule has 1 atom stereocenters. The molecule has 0 radical (unpaired) electrons. The summed E-state index contributed by atoms with van der Waals surface area (Å²) in [5, 5.41) is 1.09. The fourth-order valence-electron chi connectivity index (χ4n) is 1.61. The predicted molar refractivity (Wildman–Crippen MR) is 55.3 cm³/mol. The second kappa shape index (κ2) is 2.64. The van der Waals surface area contributed by atoms with E-state index in [2.05, 4.69) is 20.8 Å². The Labute approximate surface area is 82.0 Å². The molecule has 0 bridgehead atoms. The fraction of sp³-hybridized carbons (Fsp3) is 0.500. The average molecular weight is 195 g/mol. The van der Waals surface area contributed by atoms with E-state index >= 15 is 0 Å². The number of rotatable bonds is 0. The van der Waals surface area contributed by atoms with Gasteiger partial charge in [-0.25, -0.2) is 0 Å². The highest BCUT2D eigenvalue weighted by molar-refractivity contribution is 8.00. The van der Waals surface area contributed by atoms with E-state index in [4.69, 9.17) is 0 Å². The second-order valence-corrected chi connectivity index (χ2v) is 5.63. The molecule has 1 aliphatic rings. The van der Waals surface area contributed by atoms with E-state index < -0.39 is 0 Å². The number of fused-ring (bicyclic) bond motifs is 1. The monoisotopic (exact) mass is 195 g/mol. The molecule has 2 heterocycles. The lowest BCUT2D eigenvalue weighted by atomic mass is 10.1. The van der Waals surface area contributed by atoms with Crippen molar-refractivity contribution in [2.75, 3.05) is 0 Å². The lowest BCUT2D eigenvalue weighted by Gasteiger charge is -2.22. The highest BCUT2D eigenvalue weighted by Crippen LogP contribution is 2.46. The smallest absolute Gasteiger partial charge is 0.251 e. The molecule has 0 amide bonds. The molecule has 1 aromatic rings. The van der Waals surface area contributed by atoms with Gasteiger partial charge in [-0.3, -0.25) is 9.36 Å². The van der Waals surface area contributed by atoms with Gasteiger partial charge in [0.15, 0.2) is 0 Å². The van der Waals surface area contributed by atoms with Crippen LogP contribution in [0.4, 0.5) is 0 Å². The summed E-state index contributed by atoms with van der Waals surface area (Å²) in [4.78, 5) is 11.6. The van der Waals surface area contributed by atoms with Crippen LogP contribution in [0.25, 0.3) is 0 Å². The molecule has 2 rings (SSSR count). The quantitative estimate of drug-likeness (QED) is 0.633. The van der Waals surface area contributed by atoms with Crippen molar-refractivity contribution in [3.8, 4) is 0 Å². The summed E-state index contributed by atoms with van der Waals surface area (Å²) in [5.41, 5.74) is 0.114. The van der Waals surface area contributed by atoms with Gasteiger partial charge in [-0.05, 0) is 26.8 Å². The molecule has 0 aliphatic carbocycles. The minimum Gasteiger partial charge on any atom is -0.299 e.